The van der Waals surface area contributed by atoms with E-state index >= 15 is 0 Å². The number of nitrogen functional groups attached to an aromatic ring is 1. The lowest BCUT2D eigenvalue weighted by Crippen LogP contribution is -2.46. The number of piperazine rings is 1. The van der Waals surface area contributed by atoms with Crippen LogP contribution in [0, 0.1) is 17.1 Å². The van der Waals surface area contributed by atoms with E-state index in [2.05, 4.69) is 46.9 Å². The second kappa shape index (κ2) is 11.4. The number of hydrogen-bond donors (Lipinski definition) is 1. The number of nitrogens with zero attached hydrogens (tertiary/aromatic N) is 11. The zero-order chi connectivity index (χ0) is 30.0. The molecule has 6 heterocycles. The van der Waals surface area contributed by atoms with Gasteiger partial charge < -0.3 is 10.6 Å². The lowest BCUT2D eigenvalue weighted by atomic mass is 10.1. The van der Waals surface area contributed by atoms with Crippen molar-refractivity contribution in [1.82, 2.24) is 44.4 Å². The standard InChI is InChI=1S/C31H25FN12/c32-21-5-8-24(37-17-21)25-18-38-29-31(39-25)44(30(41-29)23-2-1-10-36-28(23)34)22-6-3-20(4-7-22)19-42-12-14-43(15-13-42)27-9-11-35-26(16-33)40-27/h1-11,17-18H,12-15,19H2,(H2,34,36). The Hall–Kier alpha value is -5.87. The fourth-order valence-corrected chi connectivity index (χ4v) is 5.26. The topological polar surface area (TPSA) is 151 Å². The maximum atomic E-state index is 13.5. The first kappa shape index (κ1) is 27.0. The zero-order valence-corrected chi connectivity index (χ0v) is 23.4. The van der Waals surface area contributed by atoms with E-state index in [4.69, 9.17) is 21.0 Å². The lowest BCUT2D eigenvalue weighted by Gasteiger charge is -2.35. The molecule has 2 N–H and O–H groups in total. The highest BCUT2D eigenvalue weighted by molar-refractivity contribution is 5.81. The van der Waals surface area contributed by atoms with Crippen LogP contribution in [-0.4, -0.2) is 70.5 Å². The maximum absolute atomic E-state index is 13.5. The summed E-state index contributed by atoms with van der Waals surface area (Å²) < 4.78 is 15.4. The van der Waals surface area contributed by atoms with Crippen LogP contribution in [0.3, 0.4) is 0 Å². The van der Waals surface area contributed by atoms with Crippen molar-refractivity contribution in [3.05, 3.63) is 96.6 Å². The van der Waals surface area contributed by atoms with Crippen molar-refractivity contribution in [2.24, 2.45) is 0 Å². The highest BCUT2D eigenvalue weighted by Crippen LogP contribution is 2.31. The van der Waals surface area contributed by atoms with Gasteiger partial charge in [0.1, 0.15) is 29.2 Å². The molecule has 1 aliphatic heterocycles. The summed E-state index contributed by atoms with van der Waals surface area (Å²) in [6.07, 6.45) is 5.98. The highest BCUT2D eigenvalue weighted by Gasteiger charge is 2.21. The second-order valence-corrected chi connectivity index (χ2v) is 10.3. The second-order valence-electron chi connectivity index (χ2n) is 10.3. The lowest BCUT2D eigenvalue weighted by molar-refractivity contribution is 0.249. The first-order valence-corrected chi connectivity index (χ1v) is 13.9. The minimum atomic E-state index is -0.427. The molecular formula is C31H25FN12. The quantitative estimate of drug-likeness (QED) is 0.305. The van der Waals surface area contributed by atoms with E-state index in [1.807, 2.05) is 34.9 Å². The van der Waals surface area contributed by atoms with Gasteiger partial charge in [-0.25, -0.2) is 34.3 Å². The summed E-state index contributed by atoms with van der Waals surface area (Å²) in [6.45, 7) is 4.12. The molecule has 6 aromatic rings. The number of aromatic nitrogens is 8. The molecule has 1 aliphatic rings. The first-order valence-electron chi connectivity index (χ1n) is 13.9. The minimum absolute atomic E-state index is 0.180. The Bertz CT molecular complexity index is 1990. The van der Waals surface area contributed by atoms with Gasteiger partial charge in [-0.05, 0) is 48.0 Å². The van der Waals surface area contributed by atoms with Gasteiger partial charge in [-0.1, -0.05) is 12.1 Å². The molecule has 12 nitrogen and oxygen atoms in total. The number of pyridine rings is 2. The average molecular weight is 585 g/mol. The number of imidazole rings is 1. The van der Waals surface area contributed by atoms with Crippen LogP contribution < -0.4 is 10.6 Å². The molecule has 0 aliphatic carbocycles. The molecular weight excluding hydrogens is 559 g/mol. The summed E-state index contributed by atoms with van der Waals surface area (Å²) >= 11 is 0. The molecule has 216 valence electrons. The molecule has 7 rings (SSSR count). The summed E-state index contributed by atoms with van der Waals surface area (Å²) in [5, 5.41) is 9.12. The van der Waals surface area contributed by atoms with Crippen molar-refractivity contribution < 1.29 is 4.39 Å². The van der Waals surface area contributed by atoms with Crippen LogP contribution in [0.15, 0.2) is 79.4 Å². The molecule has 1 saturated heterocycles. The SMILES string of the molecule is N#Cc1nccc(N2CCN(Cc3ccc(-n4c(-c5cccnc5N)nc5ncc(-c6ccc(F)cn6)nc54)cc3)CC2)n1. The van der Waals surface area contributed by atoms with Crippen molar-refractivity contribution in [2.45, 2.75) is 6.54 Å². The van der Waals surface area contributed by atoms with Crippen LogP contribution in [-0.2, 0) is 6.54 Å². The van der Waals surface area contributed by atoms with Crippen LogP contribution in [0.2, 0.25) is 0 Å². The molecule has 13 heteroatoms. The minimum Gasteiger partial charge on any atom is -0.383 e. The molecule has 44 heavy (non-hydrogen) atoms. The van der Waals surface area contributed by atoms with Crippen LogP contribution in [0.25, 0.3) is 39.8 Å². The summed E-state index contributed by atoms with van der Waals surface area (Å²) in [6, 6.07) is 18.6. The maximum Gasteiger partial charge on any atom is 0.234 e. The summed E-state index contributed by atoms with van der Waals surface area (Å²) in [5.41, 5.74) is 10.8. The van der Waals surface area contributed by atoms with Crippen LogP contribution >= 0.6 is 0 Å². The largest absolute Gasteiger partial charge is 0.383 e. The molecule has 0 bridgehead atoms. The third-order valence-electron chi connectivity index (χ3n) is 7.48. The van der Waals surface area contributed by atoms with Gasteiger partial charge in [0.25, 0.3) is 0 Å². The molecule has 0 unspecified atom stereocenters. The van der Waals surface area contributed by atoms with Gasteiger partial charge in [-0.2, -0.15) is 5.26 Å². The number of rotatable bonds is 6. The summed E-state index contributed by atoms with van der Waals surface area (Å²) in [4.78, 5) is 35.4. The molecule has 1 fully saturated rings. The molecule has 5 aromatic heterocycles. The Labute approximate surface area is 251 Å². The normalized spacial score (nSPS) is 13.7. The van der Waals surface area contributed by atoms with E-state index in [-0.39, 0.29) is 5.82 Å². The van der Waals surface area contributed by atoms with Gasteiger partial charge in [0.2, 0.25) is 5.82 Å². The van der Waals surface area contributed by atoms with E-state index in [9.17, 15) is 4.39 Å². The van der Waals surface area contributed by atoms with Crippen LogP contribution in [0.1, 0.15) is 11.4 Å². The van der Waals surface area contributed by atoms with Crippen molar-refractivity contribution in [2.75, 3.05) is 36.8 Å². The van der Waals surface area contributed by atoms with Gasteiger partial charge in [-0.15, -0.1) is 0 Å². The number of anilines is 2. The Morgan fingerprint density at radius 2 is 1.66 bits per heavy atom. The van der Waals surface area contributed by atoms with Gasteiger partial charge >= 0.3 is 0 Å². The number of fused-ring (bicyclic) bond motifs is 1. The molecule has 0 radical (unpaired) electrons. The van der Waals surface area contributed by atoms with Crippen molar-refractivity contribution in [3.63, 3.8) is 0 Å². The Morgan fingerprint density at radius 3 is 2.41 bits per heavy atom. The number of benzene rings is 1. The Kier molecular flexibility index (Phi) is 7.01. The Morgan fingerprint density at radius 1 is 0.818 bits per heavy atom. The molecule has 0 atom stereocenters. The van der Waals surface area contributed by atoms with Gasteiger partial charge in [0.15, 0.2) is 17.1 Å². The van der Waals surface area contributed by atoms with Crippen LogP contribution in [0.5, 0.6) is 0 Å². The predicted octanol–water partition coefficient (Wildman–Crippen LogP) is 3.64. The third-order valence-corrected chi connectivity index (χ3v) is 7.48. The molecule has 0 saturated carbocycles. The van der Waals surface area contributed by atoms with Gasteiger partial charge in [0.05, 0.1) is 23.7 Å². The number of halogens is 1. The van der Waals surface area contributed by atoms with E-state index in [0.717, 1.165) is 56.0 Å². The van der Waals surface area contributed by atoms with E-state index < -0.39 is 5.82 Å². The fourth-order valence-electron chi connectivity index (χ4n) is 5.26. The van der Waals surface area contributed by atoms with Gasteiger partial charge in [-0.3, -0.25) is 14.5 Å². The van der Waals surface area contributed by atoms with E-state index in [1.54, 1.807) is 30.7 Å². The van der Waals surface area contributed by atoms with Crippen molar-refractivity contribution in [3.8, 4) is 34.5 Å². The van der Waals surface area contributed by atoms with E-state index in [1.165, 1.54) is 6.07 Å². The number of nitrogens with two attached hydrogens (primary N) is 1. The summed E-state index contributed by atoms with van der Waals surface area (Å²) in [7, 11) is 0. The van der Waals surface area contributed by atoms with Crippen molar-refractivity contribution >= 4 is 22.9 Å². The highest BCUT2D eigenvalue weighted by atomic mass is 19.1. The van der Waals surface area contributed by atoms with E-state index in [0.29, 0.717) is 39.9 Å². The Balaban J connectivity index is 1.17. The monoisotopic (exact) mass is 584 g/mol. The first-order chi connectivity index (χ1) is 21.6. The van der Waals surface area contributed by atoms with Crippen LogP contribution in [0.4, 0.5) is 16.0 Å². The zero-order valence-electron chi connectivity index (χ0n) is 23.4. The molecule has 1 aromatic carbocycles. The fraction of sp³-hybridized carbons (Fsp3) is 0.161. The van der Waals surface area contributed by atoms with Gasteiger partial charge in [0, 0.05) is 50.8 Å². The smallest absolute Gasteiger partial charge is 0.234 e. The predicted molar refractivity (Wildman–Crippen MR) is 162 cm³/mol. The average Bonchev–Trinajstić information content (AvgIpc) is 3.44. The summed E-state index contributed by atoms with van der Waals surface area (Å²) in [5.74, 6) is 1.43. The number of hydrogen-bond acceptors (Lipinski definition) is 11. The molecule has 0 amide bonds. The third kappa shape index (κ3) is 5.25. The van der Waals surface area contributed by atoms with Crippen molar-refractivity contribution in [1.29, 1.82) is 5.26 Å². The number of nitriles is 1. The molecule has 0 spiro atoms.